The van der Waals surface area contributed by atoms with Gasteiger partial charge < -0.3 is 4.74 Å². The van der Waals surface area contributed by atoms with Crippen LogP contribution in [-0.4, -0.2) is 23.3 Å². The summed E-state index contributed by atoms with van der Waals surface area (Å²) in [5, 5.41) is 4.21. The first kappa shape index (κ1) is 10.8. The summed E-state index contributed by atoms with van der Waals surface area (Å²) in [6.45, 7) is 0. The number of rotatable bonds is 1. The van der Waals surface area contributed by atoms with Gasteiger partial charge in [0.1, 0.15) is 6.42 Å². The molecule has 0 aliphatic heterocycles. The van der Waals surface area contributed by atoms with Gasteiger partial charge in [-0.2, -0.15) is 0 Å². The summed E-state index contributed by atoms with van der Waals surface area (Å²) in [5.41, 5.74) is -0.952. The molecule has 1 rings (SSSR count). The predicted molar refractivity (Wildman–Crippen MR) is 51.2 cm³/mol. The van der Waals surface area contributed by atoms with Crippen molar-refractivity contribution in [2.24, 2.45) is 0 Å². The Balaban J connectivity index is 2.89. The van der Waals surface area contributed by atoms with Gasteiger partial charge in [0, 0.05) is 6.07 Å². The monoisotopic (exact) mass is 208 g/mol. The van der Waals surface area contributed by atoms with E-state index in [2.05, 4.69) is 26.8 Å². The molecule has 0 unspecified atom stereocenters. The normalized spacial score (nSPS) is 8.87. The Bertz CT molecular complexity index is 529. The smallest absolute Gasteiger partial charge is 0.317 e. The highest BCUT2D eigenvalue weighted by molar-refractivity contribution is 5.72. The van der Waals surface area contributed by atoms with E-state index in [1.54, 1.807) is 0 Å². The van der Waals surface area contributed by atoms with Crippen LogP contribution in [0.15, 0.2) is 15.7 Å². The van der Waals surface area contributed by atoms with Gasteiger partial charge in [0.05, 0.1) is 12.7 Å². The SMILES string of the molecule is COC(=O)CC#Cc1cc(=O)[nH][nH]c1=O. The molecule has 0 aromatic carbocycles. The molecule has 1 heterocycles. The van der Waals surface area contributed by atoms with Crippen LogP contribution < -0.4 is 11.1 Å². The third kappa shape index (κ3) is 3.15. The topological polar surface area (TPSA) is 92.0 Å². The van der Waals surface area contributed by atoms with Gasteiger partial charge in [-0.15, -0.1) is 0 Å². The van der Waals surface area contributed by atoms with Gasteiger partial charge >= 0.3 is 5.97 Å². The van der Waals surface area contributed by atoms with E-state index in [0.29, 0.717) is 0 Å². The Morgan fingerprint density at radius 2 is 2.20 bits per heavy atom. The predicted octanol–water partition coefficient (Wildman–Crippen LogP) is -1.02. The fourth-order valence-electron chi connectivity index (χ4n) is 0.795. The molecule has 1 aromatic heterocycles. The number of ether oxygens (including phenoxy) is 1. The molecule has 6 heteroatoms. The molecule has 0 aliphatic rings. The van der Waals surface area contributed by atoms with Crippen molar-refractivity contribution < 1.29 is 9.53 Å². The number of aromatic amines is 2. The number of aromatic nitrogens is 2. The summed E-state index contributed by atoms with van der Waals surface area (Å²) in [6.07, 6.45) is -0.122. The van der Waals surface area contributed by atoms with Crippen molar-refractivity contribution in [2.75, 3.05) is 7.11 Å². The first-order valence-corrected chi connectivity index (χ1v) is 4.01. The van der Waals surface area contributed by atoms with E-state index in [0.717, 1.165) is 6.07 Å². The van der Waals surface area contributed by atoms with E-state index in [4.69, 9.17) is 0 Å². The lowest BCUT2D eigenvalue weighted by atomic mass is 10.3. The molecule has 2 N–H and O–H groups in total. The first-order valence-electron chi connectivity index (χ1n) is 4.01. The Labute approximate surface area is 84.3 Å². The summed E-state index contributed by atoms with van der Waals surface area (Å²) in [4.78, 5) is 32.6. The minimum absolute atomic E-state index is 0.0163. The molecule has 0 amide bonds. The number of hydrogen-bond acceptors (Lipinski definition) is 4. The third-order valence-electron chi connectivity index (χ3n) is 1.50. The maximum atomic E-state index is 11.1. The van der Waals surface area contributed by atoms with Crippen molar-refractivity contribution in [1.82, 2.24) is 10.2 Å². The second kappa shape index (κ2) is 4.81. The van der Waals surface area contributed by atoms with Crippen molar-refractivity contribution in [2.45, 2.75) is 6.42 Å². The lowest BCUT2D eigenvalue weighted by Crippen LogP contribution is -2.20. The maximum Gasteiger partial charge on any atom is 0.317 e. The van der Waals surface area contributed by atoms with Crippen LogP contribution in [0.25, 0.3) is 0 Å². The zero-order valence-electron chi connectivity index (χ0n) is 7.92. The van der Waals surface area contributed by atoms with Crippen LogP contribution in [0, 0.1) is 11.8 Å². The molecule has 0 spiro atoms. The Morgan fingerprint density at radius 3 is 2.87 bits per heavy atom. The lowest BCUT2D eigenvalue weighted by molar-refractivity contribution is -0.139. The standard InChI is InChI=1S/C9H8N2O4/c1-15-8(13)4-2-3-6-5-7(12)10-11-9(6)14/h5H,4H2,1H3,(H,10,12)(H,11,14). The van der Waals surface area contributed by atoms with E-state index in [-0.39, 0.29) is 12.0 Å². The van der Waals surface area contributed by atoms with Crippen LogP contribution >= 0.6 is 0 Å². The van der Waals surface area contributed by atoms with Crippen LogP contribution in [0.4, 0.5) is 0 Å². The minimum Gasteiger partial charge on any atom is -0.468 e. The highest BCUT2D eigenvalue weighted by Crippen LogP contribution is 1.83. The van der Waals surface area contributed by atoms with Gasteiger partial charge in [0.2, 0.25) is 0 Å². The van der Waals surface area contributed by atoms with Gasteiger partial charge in [-0.1, -0.05) is 11.8 Å². The Kier molecular flexibility index (Phi) is 3.46. The highest BCUT2D eigenvalue weighted by Gasteiger charge is 1.97. The zero-order chi connectivity index (χ0) is 11.3. The molecule has 0 fully saturated rings. The largest absolute Gasteiger partial charge is 0.468 e. The number of methoxy groups -OCH3 is 1. The summed E-state index contributed by atoms with van der Waals surface area (Å²) >= 11 is 0. The van der Waals surface area contributed by atoms with Gasteiger partial charge in [0.25, 0.3) is 11.1 Å². The molecule has 0 radical (unpaired) electrons. The lowest BCUT2D eigenvalue weighted by Gasteiger charge is -1.89. The Morgan fingerprint density at radius 1 is 1.47 bits per heavy atom. The molecule has 78 valence electrons. The number of nitrogens with one attached hydrogen (secondary N) is 2. The van der Waals surface area contributed by atoms with Crippen LogP contribution in [0.5, 0.6) is 0 Å². The van der Waals surface area contributed by atoms with Gasteiger partial charge in [-0.25, -0.2) is 0 Å². The minimum atomic E-state index is -0.507. The van der Waals surface area contributed by atoms with Crippen LogP contribution in [0.2, 0.25) is 0 Å². The summed E-state index contributed by atoms with van der Waals surface area (Å²) in [6, 6.07) is 1.06. The molecular weight excluding hydrogens is 200 g/mol. The van der Waals surface area contributed by atoms with Crippen molar-refractivity contribution in [3.63, 3.8) is 0 Å². The molecule has 6 nitrogen and oxygen atoms in total. The number of H-pyrrole nitrogens is 2. The van der Waals surface area contributed by atoms with E-state index < -0.39 is 17.1 Å². The van der Waals surface area contributed by atoms with Crippen molar-refractivity contribution >= 4 is 5.97 Å². The summed E-state index contributed by atoms with van der Waals surface area (Å²) in [5.74, 6) is 4.33. The molecule has 0 saturated carbocycles. The molecule has 0 bridgehead atoms. The first-order chi connectivity index (χ1) is 7.13. The highest BCUT2D eigenvalue weighted by atomic mass is 16.5. The van der Waals surface area contributed by atoms with E-state index in [9.17, 15) is 14.4 Å². The number of carbonyl (C=O) groups excluding carboxylic acids is 1. The van der Waals surface area contributed by atoms with Crippen molar-refractivity contribution in [3.05, 3.63) is 32.3 Å². The van der Waals surface area contributed by atoms with Crippen molar-refractivity contribution in [3.8, 4) is 11.8 Å². The molecule has 0 saturated heterocycles. The molecule has 0 atom stereocenters. The number of hydrogen-bond donors (Lipinski definition) is 2. The fourth-order valence-corrected chi connectivity index (χ4v) is 0.795. The average Bonchev–Trinajstić information content (AvgIpc) is 2.23. The second-order valence-corrected chi connectivity index (χ2v) is 2.56. The molecular formula is C9H8N2O4. The van der Waals surface area contributed by atoms with Crippen LogP contribution in [-0.2, 0) is 9.53 Å². The van der Waals surface area contributed by atoms with Crippen LogP contribution in [0.1, 0.15) is 12.0 Å². The Hall–Kier alpha value is -2.29. The van der Waals surface area contributed by atoms with E-state index in [1.165, 1.54) is 7.11 Å². The molecule has 15 heavy (non-hydrogen) atoms. The second-order valence-electron chi connectivity index (χ2n) is 2.56. The van der Waals surface area contributed by atoms with Gasteiger partial charge in [-0.3, -0.25) is 24.6 Å². The van der Waals surface area contributed by atoms with E-state index in [1.807, 2.05) is 0 Å². The van der Waals surface area contributed by atoms with E-state index >= 15 is 0 Å². The maximum absolute atomic E-state index is 11.1. The van der Waals surface area contributed by atoms with Gasteiger partial charge in [0.15, 0.2) is 0 Å². The quantitative estimate of drug-likeness (QED) is 0.456. The zero-order valence-corrected chi connectivity index (χ0v) is 7.92. The molecule has 0 aliphatic carbocycles. The van der Waals surface area contributed by atoms with Crippen LogP contribution in [0.3, 0.4) is 0 Å². The number of carbonyl (C=O) groups is 1. The van der Waals surface area contributed by atoms with Crippen molar-refractivity contribution in [1.29, 1.82) is 0 Å². The number of esters is 1. The summed E-state index contributed by atoms with van der Waals surface area (Å²) in [7, 11) is 1.24. The molecule has 1 aromatic rings. The third-order valence-corrected chi connectivity index (χ3v) is 1.50. The summed E-state index contributed by atoms with van der Waals surface area (Å²) < 4.78 is 4.35. The average molecular weight is 208 g/mol. The van der Waals surface area contributed by atoms with Gasteiger partial charge in [-0.05, 0) is 0 Å². The fraction of sp³-hybridized carbons (Fsp3) is 0.222.